The highest BCUT2D eigenvalue weighted by molar-refractivity contribution is 6.05. The maximum Gasteiger partial charge on any atom is 0.261 e. The molecule has 0 unspecified atom stereocenters. The summed E-state index contributed by atoms with van der Waals surface area (Å²) in [5.41, 5.74) is 4.14. The molecule has 7 rings (SSSR count). The van der Waals surface area contributed by atoms with Crippen molar-refractivity contribution >= 4 is 22.9 Å². The Morgan fingerprint density at radius 2 is 1.74 bits per heavy atom. The fraction of sp³-hybridized carbons (Fsp3) is 0.500. The maximum atomic E-state index is 15.7. The number of imidazole rings is 1. The molecule has 1 amide bonds. The number of fused-ring (bicyclic) bond motifs is 1. The third-order valence-electron chi connectivity index (χ3n) is 9.34. The molecular formula is C32H38FN7O2. The van der Waals surface area contributed by atoms with Gasteiger partial charge in [-0.1, -0.05) is 6.07 Å². The smallest absolute Gasteiger partial charge is 0.261 e. The molecule has 1 aromatic carbocycles. The van der Waals surface area contributed by atoms with E-state index in [4.69, 9.17) is 4.98 Å². The van der Waals surface area contributed by atoms with Crippen LogP contribution in [0.4, 0.5) is 10.3 Å². The fourth-order valence-electron chi connectivity index (χ4n) is 6.91. The van der Waals surface area contributed by atoms with Gasteiger partial charge in [0, 0.05) is 36.6 Å². The van der Waals surface area contributed by atoms with Crippen molar-refractivity contribution in [1.82, 2.24) is 29.2 Å². The number of hydrogen-bond acceptors (Lipinski definition) is 6. The Hall–Kier alpha value is -3.63. The summed E-state index contributed by atoms with van der Waals surface area (Å²) in [6.07, 6.45) is 10.8. The van der Waals surface area contributed by atoms with Gasteiger partial charge >= 0.3 is 0 Å². The summed E-state index contributed by atoms with van der Waals surface area (Å²) in [5.74, 6) is -0.344. The molecule has 3 aromatic heterocycles. The molecule has 220 valence electrons. The Bertz CT molecular complexity index is 1630. The molecule has 1 aliphatic heterocycles. The predicted octanol–water partition coefficient (Wildman–Crippen LogP) is 5.35. The van der Waals surface area contributed by atoms with Gasteiger partial charge in [-0.3, -0.25) is 14.8 Å². The lowest BCUT2D eigenvalue weighted by Crippen LogP contribution is -2.34. The molecule has 1 saturated heterocycles. The van der Waals surface area contributed by atoms with E-state index >= 15 is 4.39 Å². The zero-order chi connectivity index (χ0) is 29.0. The molecular weight excluding hydrogens is 533 g/mol. The lowest BCUT2D eigenvalue weighted by molar-refractivity contribution is 0.101. The Morgan fingerprint density at radius 3 is 2.43 bits per heavy atom. The van der Waals surface area contributed by atoms with Gasteiger partial charge in [-0.2, -0.15) is 5.10 Å². The number of pyridine rings is 1. The van der Waals surface area contributed by atoms with E-state index in [-0.39, 0.29) is 23.4 Å². The van der Waals surface area contributed by atoms with Crippen molar-refractivity contribution in [2.75, 3.05) is 18.4 Å². The topological polar surface area (TPSA) is 101 Å². The molecule has 9 nitrogen and oxygen atoms in total. The van der Waals surface area contributed by atoms with Crippen molar-refractivity contribution in [2.24, 2.45) is 7.05 Å². The number of benzene rings is 1. The second-order valence-electron chi connectivity index (χ2n) is 12.4. The number of aliphatic hydroxyl groups excluding tert-OH is 1. The summed E-state index contributed by atoms with van der Waals surface area (Å²) in [6.45, 7) is 4.03. The highest BCUT2D eigenvalue weighted by atomic mass is 19.1. The van der Waals surface area contributed by atoms with E-state index in [2.05, 4.69) is 43.1 Å². The van der Waals surface area contributed by atoms with Crippen LogP contribution >= 0.6 is 0 Å². The maximum absolute atomic E-state index is 15.7. The summed E-state index contributed by atoms with van der Waals surface area (Å²) in [6, 6.07) is 8.88. The van der Waals surface area contributed by atoms with Crippen LogP contribution in [0.3, 0.4) is 0 Å². The summed E-state index contributed by atoms with van der Waals surface area (Å²) >= 11 is 0. The number of carbonyl (C=O) groups excluding carboxylic acids is 1. The summed E-state index contributed by atoms with van der Waals surface area (Å²) in [5, 5.41) is 17.3. The van der Waals surface area contributed by atoms with E-state index in [1.165, 1.54) is 30.7 Å². The van der Waals surface area contributed by atoms with Crippen molar-refractivity contribution in [2.45, 2.75) is 82.4 Å². The Balaban J connectivity index is 1.21. The molecule has 3 aliphatic rings. The number of piperidine rings is 1. The number of aryl methyl sites for hydroxylation is 2. The third-order valence-corrected chi connectivity index (χ3v) is 9.34. The normalized spacial score (nSPS) is 22.1. The molecule has 2 aliphatic carbocycles. The number of amides is 1. The third kappa shape index (κ3) is 5.22. The molecule has 0 atom stereocenters. The number of likely N-dealkylation sites (tertiary alicyclic amines) is 1. The average Bonchev–Trinajstić information content (AvgIpc) is 3.66. The van der Waals surface area contributed by atoms with Crippen LogP contribution in [0.15, 0.2) is 36.7 Å². The largest absolute Gasteiger partial charge is 0.393 e. The summed E-state index contributed by atoms with van der Waals surface area (Å²) in [7, 11) is 1.75. The van der Waals surface area contributed by atoms with Crippen LogP contribution in [-0.4, -0.2) is 65.5 Å². The first-order valence-electron chi connectivity index (χ1n) is 15.3. The quantitative estimate of drug-likeness (QED) is 0.324. The Morgan fingerprint density at radius 1 is 1.00 bits per heavy atom. The van der Waals surface area contributed by atoms with Gasteiger partial charge in [0.25, 0.3) is 5.91 Å². The highest BCUT2D eigenvalue weighted by Crippen LogP contribution is 2.38. The molecule has 0 spiro atoms. The standard InChI is InChI=1S/C32H38FN7O2/c1-19-15-26(29(33)30(35-19)22-17-34-38(2)18-22)31(42)37-32-36-27-16-21(20-11-13-39(14-12-20)23-4-5-23)3-10-28(27)40(32)24-6-8-25(41)9-7-24/h3,10,15-18,20,23-25,41H,4-9,11-14H2,1-2H3,(H,36,37,42)/t24-,25+. The number of aliphatic hydroxyl groups is 1. The minimum absolute atomic E-state index is 0.0799. The number of anilines is 1. The molecule has 4 heterocycles. The van der Waals surface area contributed by atoms with Crippen molar-refractivity contribution in [3.8, 4) is 11.3 Å². The van der Waals surface area contributed by atoms with Crippen molar-refractivity contribution in [3.05, 3.63) is 59.3 Å². The number of aromatic nitrogens is 5. The lowest BCUT2D eigenvalue weighted by atomic mass is 9.89. The van der Waals surface area contributed by atoms with Crippen LogP contribution < -0.4 is 5.32 Å². The van der Waals surface area contributed by atoms with Crippen LogP contribution in [0.5, 0.6) is 0 Å². The molecule has 42 heavy (non-hydrogen) atoms. The predicted molar refractivity (Wildman–Crippen MR) is 159 cm³/mol. The van der Waals surface area contributed by atoms with Gasteiger partial charge in [0.15, 0.2) is 5.82 Å². The first-order chi connectivity index (χ1) is 20.3. The molecule has 2 saturated carbocycles. The highest BCUT2D eigenvalue weighted by Gasteiger charge is 2.33. The van der Waals surface area contributed by atoms with Crippen LogP contribution in [0, 0.1) is 12.7 Å². The number of carbonyl (C=O) groups is 1. The van der Waals surface area contributed by atoms with E-state index in [9.17, 15) is 9.90 Å². The van der Waals surface area contributed by atoms with Gasteiger partial charge in [0.05, 0.1) is 28.9 Å². The van der Waals surface area contributed by atoms with Gasteiger partial charge in [-0.05, 0) is 101 Å². The average molecular weight is 572 g/mol. The number of halogens is 1. The monoisotopic (exact) mass is 571 g/mol. The molecule has 3 fully saturated rings. The fourth-order valence-corrected chi connectivity index (χ4v) is 6.91. The molecule has 2 N–H and O–H groups in total. The number of hydrogen-bond donors (Lipinski definition) is 2. The zero-order valence-electron chi connectivity index (χ0n) is 24.3. The van der Waals surface area contributed by atoms with E-state index < -0.39 is 11.7 Å². The first kappa shape index (κ1) is 27.2. The molecule has 10 heteroatoms. The molecule has 0 bridgehead atoms. The van der Waals surface area contributed by atoms with Crippen LogP contribution in [0.25, 0.3) is 22.3 Å². The van der Waals surface area contributed by atoms with E-state index in [0.29, 0.717) is 36.0 Å². The van der Waals surface area contributed by atoms with Crippen LogP contribution in [-0.2, 0) is 7.05 Å². The van der Waals surface area contributed by atoms with E-state index in [1.54, 1.807) is 24.9 Å². The van der Waals surface area contributed by atoms with Crippen molar-refractivity contribution in [1.29, 1.82) is 0 Å². The van der Waals surface area contributed by atoms with Crippen LogP contribution in [0.1, 0.15) is 84.9 Å². The Labute approximate surface area is 244 Å². The second-order valence-corrected chi connectivity index (χ2v) is 12.4. The van der Waals surface area contributed by atoms with Gasteiger partial charge in [0.1, 0.15) is 5.69 Å². The van der Waals surface area contributed by atoms with Gasteiger partial charge < -0.3 is 14.6 Å². The SMILES string of the molecule is Cc1cc(C(=O)Nc2nc3cc(C4CCN(C5CC5)CC4)ccc3n2[C@H]2CC[C@@H](O)CC2)c(F)c(-c2cnn(C)c2)n1. The minimum Gasteiger partial charge on any atom is -0.393 e. The number of nitrogens with one attached hydrogen (secondary N) is 1. The molecule has 4 aromatic rings. The second kappa shape index (κ2) is 10.9. The van der Waals surface area contributed by atoms with Gasteiger partial charge in [-0.25, -0.2) is 14.4 Å². The summed E-state index contributed by atoms with van der Waals surface area (Å²) in [4.78, 5) is 25.6. The van der Waals surface area contributed by atoms with Crippen molar-refractivity contribution < 1.29 is 14.3 Å². The zero-order valence-corrected chi connectivity index (χ0v) is 24.3. The van der Waals surface area contributed by atoms with Gasteiger partial charge in [0.2, 0.25) is 5.95 Å². The van der Waals surface area contributed by atoms with Crippen molar-refractivity contribution in [3.63, 3.8) is 0 Å². The van der Waals surface area contributed by atoms with Crippen LogP contribution in [0.2, 0.25) is 0 Å². The van der Waals surface area contributed by atoms with Gasteiger partial charge in [-0.15, -0.1) is 0 Å². The Kier molecular flexibility index (Phi) is 7.06. The minimum atomic E-state index is -0.686. The first-order valence-corrected chi connectivity index (χ1v) is 15.3. The number of nitrogens with zero attached hydrogens (tertiary/aromatic N) is 6. The molecule has 0 radical (unpaired) electrons. The van der Waals surface area contributed by atoms with E-state index in [0.717, 1.165) is 55.8 Å². The van der Waals surface area contributed by atoms with E-state index in [1.807, 2.05) is 0 Å². The summed E-state index contributed by atoms with van der Waals surface area (Å²) < 4.78 is 19.4. The lowest BCUT2D eigenvalue weighted by Gasteiger charge is -2.32. The number of rotatable bonds is 6.